The van der Waals surface area contributed by atoms with Crippen LogP contribution in [0.25, 0.3) is 10.9 Å². The van der Waals surface area contributed by atoms with Gasteiger partial charge in [-0.25, -0.2) is 12.8 Å². The summed E-state index contributed by atoms with van der Waals surface area (Å²) in [6.45, 7) is 8.08. The van der Waals surface area contributed by atoms with Crippen LogP contribution in [0.15, 0.2) is 47.5 Å². The molecule has 1 aliphatic rings. The minimum atomic E-state index is -3.96. The van der Waals surface area contributed by atoms with E-state index in [1.165, 1.54) is 10.4 Å². The van der Waals surface area contributed by atoms with Gasteiger partial charge in [0.15, 0.2) is 0 Å². The maximum absolute atomic E-state index is 14.7. The Morgan fingerprint density at radius 3 is 2.66 bits per heavy atom. The van der Waals surface area contributed by atoms with E-state index in [1.54, 1.807) is 37.3 Å². The van der Waals surface area contributed by atoms with Gasteiger partial charge in [-0.2, -0.15) is 5.10 Å². The van der Waals surface area contributed by atoms with E-state index in [4.69, 9.17) is 4.74 Å². The zero-order valence-electron chi connectivity index (χ0n) is 18.8. The molecule has 1 aromatic heterocycles. The second kappa shape index (κ2) is 9.19. The Hall–Kier alpha value is -2.45. The fourth-order valence-corrected chi connectivity index (χ4v) is 5.95. The number of ether oxygens (including phenoxy) is 1. The summed E-state index contributed by atoms with van der Waals surface area (Å²) in [4.78, 5) is 0.138. The maximum Gasteiger partial charge on any atom is 0.264 e. The van der Waals surface area contributed by atoms with Gasteiger partial charge < -0.3 is 4.74 Å². The fraction of sp³-hybridized carbons (Fsp3) is 0.458. The number of halogens is 1. The molecule has 1 aliphatic heterocycles. The summed E-state index contributed by atoms with van der Waals surface area (Å²) in [5, 5.41) is 5.37. The first-order valence-corrected chi connectivity index (χ1v) is 12.5. The normalized spacial score (nSPS) is 15.5. The van der Waals surface area contributed by atoms with Crippen LogP contribution < -0.4 is 4.31 Å². The van der Waals surface area contributed by atoms with Crippen LogP contribution in [-0.4, -0.2) is 38.0 Å². The molecule has 0 spiro atoms. The highest BCUT2D eigenvalue weighted by Gasteiger charge is 2.29. The van der Waals surface area contributed by atoms with Crippen molar-refractivity contribution in [2.24, 2.45) is 11.8 Å². The van der Waals surface area contributed by atoms with Crippen molar-refractivity contribution >= 4 is 26.6 Å². The molecule has 0 bridgehead atoms. The van der Waals surface area contributed by atoms with Crippen molar-refractivity contribution in [3.63, 3.8) is 0 Å². The molecule has 4 rings (SSSR count). The van der Waals surface area contributed by atoms with Crippen molar-refractivity contribution in [1.29, 1.82) is 0 Å². The summed E-state index contributed by atoms with van der Waals surface area (Å²) in [6, 6.07) is 9.55. The molecule has 1 saturated heterocycles. The van der Waals surface area contributed by atoms with Crippen molar-refractivity contribution in [2.45, 2.75) is 45.1 Å². The third kappa shape index (κ3) is 4.66. The first kappa shape index (κ1) is 22.7. The molecule has 2 aromatic carbocycles. The van der Waals surface area contributed by atoms with E-state index >= 15 is 0 Å². The Morgan fingerprint density at radius 2 is 1.97 bits per heavy atom. The summed E-state index contributed by atoms with van der Waals surface area (Å²) >= 11 is 0. The molecule has 8 heteroatoms. The molecular weight excluding hydrogens is 429 g/mol. The SMILES string of the molecule is Cc1cccc(F)c1N(CC(C)C)S(=O)(=O)c1ccc2nn(CC3CCOCC3)cc2c1. The van der Waals surface area contributed by atoms with Crippen LogP contribution in [0.5, 0.6) is 0 Å². The number of aromatic nitrogens is 2. The van der Waals surface area contributed by atoms with E-state index in [1.807, 2.05) is 24.7 Å². The Labute approximate surface area is 189 Å². The van der Waals surface area contributed by atoms with Crippen LogP contribution in [0.2, 0.25) is 0 Å². The minimum Gasteiger partial charge on any atom is -0.381 e. The number of aryl methyl sites for hydroxylation is 1. The number of hydrogen-bond acceptors (Lipinski definition) is 4. The lowest BCUT2D eigenvalue weighted by Gasteiger charge is -2.28. The number of rotatable bonds is 7. The molecule has 1 fully saturated rings. The van der Waals surface area contributed by atoms with Gasteiger partial charge in [-0.05, 0) is 61.4 Å². The van der Waals surface area contributed by atoms with E-state index in [9.17, 15) is 12.8 Å². The molecule has 0 radical (unpaired) electrons. The molecule has 0 aliphatic carbocycles. The molecule has 0 amide bonds. The highest BCUT2D eigenvalue weighted by atomic mass is 32.2. The number of benzene rings is 2. The van der Waals surface area contributed by atoms with E-state index < -0.39 is 15.8 Å². The molecule has 32 heavy (non-hydrogen) atoms. The summed E-state index contributed by atoms with van der Waals surface area (Å²) in [7, 11) is -3.96. The van der Waals surface area contributed by atoms with Crippen molar-refractivity contribution in [3.8, 4) is 0 Å². The van der Waals surface area contributed by atoms with Gasteiger partial charge in [0.25, 0.3) is 10.0 Å². The zero-order valence-corrected chi connectivity index (χ0v) is 19.6. The first-order chi connectivity index (χ1) is 15.3. The predicted octanol–water partition coefficient (Wildman–Crippen LogP) is 4.76. The lowest BCUT2D eigenvalue weighted by Crippen LogP contribution is -2.35. The third-order valence-electron chi connectivity index (χ3n) is 5.87. The Bertz CT molecular complexity index is 1180. The van der Waals surface area contributed by atoms with E-state index in [0.717, 1.165) is 43.5 Å². The van der Waals surface area contributed by atoms with Crippen LogP contribution in [0, 0.1) is 24.6 Å². The molecule has 0 saturated carbocycles. The Morgan fingerprint density at radius 1 is 1.22 bits per heavy atom. The standard InChI is InChI=1S/C24H30FN3O3S/c1-17(2)14-28(24-18(3)5-4-6-22(24)25)32(29,30)21-7-8-23-20(13-21)16-27(26-23)15-19-9-11-31-12-10-19/h4-8,13,16-17,19H,9-12,14-15H2,1-3H3. The quantitative estimate of drug-likeness (QED) is 0.511. The van der Waals surface area contributed by atoms with Gasteiger partial charge in [0, 0.05) is 37.9 Å². The van der Waals surface area contributed by atoms with Gasteiger partial charge in [-0.15, -0.1) is 0 Å². The Kier molecular flexibility index (Phi) is 6.53. The first-order valence-electron chi connectivity index (χ1n) is 11.1. The lowest BCUT2D eigenvalue weighted by atomic mass is 10.0. The largest absolute Gasteiger partial charge is 0.381 e. The number of anilines is 1. The summed E-state index contributed by atoms with van der Waals surface area (Å²) in [5.74, 6) is -0.0128. The molecule has 0 N–H and O–H groups in total. The van der Waals surface area contributed by atoms with E-state index in [-0.39, 0.29) is 23.0 Å². The van der Waals surface area contributed by atoms with Gasteiger partial charge in [0.1, 0.15) is 5.82 Å². The highest BCUT2D eigenvalue weighted by Crippen LogP contribution is 2.31. The molecular formula is C24H30FN3O3S. The monoisotopic (exact) mass is 459 g/mol. The molecule has 6 nitrogen and oxygen atoms in total. The smallest absolute Gasteiger partial charge is 0.264 e. The van der Waals surface area contributed by atoms with Crippen molar-refractivity contribution in [1.82, 2.24) is 9.78 Å². The molecule has 3 aromatic rings. The number of hydrogen-bond donors (Lipinski definition) is 0. The fourth-order valence-electron chi connectivity index (χ4n) is 4.21. The van der Waals surface area contributed by atoms with Crippen LogP contribution in [0.1, 0.15) is 32.3 Å². The minimum absolute atomic E-state index is 0.0229. The molecule has 172 valence electrons. The van der Waals surface area contributed by atoms with Crippen molar-refractivity contribution in [3.05, 3.63) is 54.0 Å². The van der Waals surface area contributed by atoms with Crippen LogP contribution in [0.3, 0.4) is 0 Å². The number of para-hydroxylation sites is 1. The Balaban J connectivity index is 1.69. The molecule has 0 atom stereocenters. The average Bonchev–Trinajstić information content (AvgIpc) is 3.14. The summed E-state index contributed by atoms with van der Waals surface area (Å²) in [6.07, 6.45) is 3.90. The number of fused-ring (bicyclic) bond motifs is 1. The average molecular weight is 460 g/mol. The van der Waals surface area contributed by atoms with Gasteiger partial charge >= 0.3 is 0 Å². The third-order valence-corrected chi connectivity index (χ3v) is 7.63. The molecule has 2 heterocycles. The topological polar surface area (TPSA) is 64.4 Å². The second-order valence-corrected chi connectivity index (χ2v) is 10.8. The van der Waals surface area contributed by atoms with E-state index in [0.29, 0.717) is 11.5 Å². The van der Waals surface area contributed by atoms with Crippen LogP contribution in [-0.2, 0) is 21.3 Å². The van der Waals surface area contributed by atoms with E-state index in [2.05, 4.69) is 5.10 Å². The summed E-state index contributed by atoms with van der Waals surface area (Å²) in [5.41, 5.74) is 1.43. The van der Waals surface area contributed by atoms with Crippen molar-refractivity contribution < 1.29 is 17.5 Å². The van der Waals surface area contributed by atoms with Gasteiger partial charge in [0.2, 0.25) is 0 Å². The van der Waals surface area contributed by atoms with Gasteiger partial charge in [-0.3, -0.25) is 8.99 Å². The van der Waals surface area contributed by atoms with Gasteiger partial charge in [0.05, 0.1) is 16.1 Å². The summed E-state index contributed by atoms with van der Waals surface area (Å²) < 4.78 is 50.6. The maximum atomic E-state index is 14.7. The number of nitrogens with zero attached hydrogens (tertiary/aromatic N) is 3. The van der Waals surface area contributed by atoms with Crippen molar-refractivity contribution in [2.75, 3.05) is 24.1 Å². The van der Waals surface area contributed by atoms with Crippen LogP contribution >= 0.6 is 0 Å². The highest BCUT2D eigenvalue weighted by molar-refractivity contribution is 7.92. The van der Waals surface area contributed by atoms with Crippen LogP contribution in [0.4, 0.5) is 10.1 Å². The zero-order chi connectivity index (χ0) is 22.9. The van der Waals surface area contributed by atoms with Gasteiger partial charge in [-0.1, -0.05) is 26.0 Å². The predicted molar refractivity (Wildman–Crippen MR) is 124 cm³/mol. The second-order valence-electron chi connectivity index (χ2n) is 8.96. The lowest BCUT2D eigenvalue weighted by molar-refractivity contribution is 0.0602. The number of sulfonamides is 1. The molecule has 0 unspecified atom stereocenters.